The number of urea groups is 1. The molecule has 0 saturated heterocycles. The van der Waals surface area contributed by atoms with E-state index in [1.165, 1.54) is 6.07 Å². The van der Waals surface area contributed by atoms with Gasteiger partial charge in [-0.05, 0) is 36.8 Å². The molecule has 1 rings (SSSR count). The molecule has 6 nitrogen and oxygen atoms in total. The van der Waals surface area contributed by atoms with Crippen molar-refractivity contribution in [1.82, 2.24) is 4.90 Å². The third-order valence-electron chi connectivity index (χ3n) is 3.56. The summed E-state index contributed by atoms with van der Waals surface area (Å²) in [6.45, 7) is -0.753. The number of imide groups is 1. The van der Waals surface area contributed by atoms with E-state index in [1.807, 2.05) is 0 Å². The molecule has 0 N–H and O–H groups in total. The van der Waals surface area contributed by atoms with Crippen LogP contribution < -0.4 is 4.90 Å². The van der Waals surface area contributed by atoms with E-state index >= 15 is 0 Å². The summed E-state index contributed by atoms with van der Waals surface area (Å²) in [5.74, 6) is -1.34. The maximum absolute atomic E-state index is 13.0. The molecule has 0 atom stereocenters. The lowest BCUT2D eigenvalue weighted by atomic mass is 10.1. The average Bonchev–Trinajstić information content (AvgIpc) is 2.65. The van der Waals surface area contributed by atoms with Gasteiger partial charge < -0.3 is 4.74 Å². The summed E-state index contributed by atoms with van der Waals surface area (Å²) in [6.07, 6.45) is -7.40. The molecule has 3 amide bonds. The van der Waals surface area contributed by atoms with E-state index in [0.717, 1.165) is 32.2 Å². The van der Waals surface area contributed by atoms with Crippen molar-refractivity contribution in [1.29, 1.82) is 0 Å². The Morgan fingerprint density at radius 3 is 2.26 bits per heavy atom. The minimum absolute atomic E-state index is 0.0208. The number of carbonyl (C=O) groups excluding carboxylic acids is 3. The summed E-state index contributed by atoms with van der Waals surface area (Å²) in [7, 11) is 0.815. The molecular weight excluding hydrogens is 458 g/mol. The lowest BCUT2D eigenvalue weighted by Gasteiger charge is -2.27. The molecule has 1 aromatic carbocycles. The van der Waals surface area contributed by atoms with Crippen molar-refractivity contribution in [2.75, 3.05) is 18.6 Å². The third-order valence-corrected chi connectivity index (χ3v) is 3.90. The SMILES string of the molecule is C/C=C(\N(C)C(=O)N(C=O)c1ccc(Cl)c(/C=C/C(=O)OCC(F)(F)F)c1)C(F)(F)F. The molecule has 0 spiro atoms. The van der Waals surface area contributed by atoms with Gasteiger partial charge in [0.1, 0.15) is 5.70 Å². The Bertz CT molecular complexity index is 896. The number of amides is 3. The number of nitrogens with zero attached hydrogens (tertiary/aromatic N) is 2. The molecule has 0 fully saturated rings. The first-order valence-electron chi connectivity index (χ1n) is 8.18. The number of hydrogen-bond acceptors (Lipinski definition) is 4. The van der Waals surface area contributed by atoms with Gasteiger partial charge in [0.05, 0.1) is 5.69 Å². The Kier molecular flexibility index (Phi) is 8.67. The van der Waals surface area contributed by atoms with Gasteiger partial charge >= 0.3 is 24.4 Å². The van der Waals surface area contributed by atoms with E-state index in [9.17, 15) is 40.7 Å². The minimum Gasteiger partial charge on any atom is -0.453 e. The van der Waals surface area contributed by atoms with Crippen molar-refractivity contribution in [3.05, 3.63) is 46.6 Å². The quantitative estimate of drug-likeness (QED) is 0.255. The first-order valence-corrected chi connectivity index (χ1v) is 8.56. The fourth-order valence-corrected chi connectivity index (χ4v) is 2.38. The number of benzene rings is 1. The van der Waals surface area contributed by atoms with Crippen LogP contribution in [-0.2, 0) is 14.3 Å². The molecule has 0 radical (unpaired) electrons. The summed E-state index contributed by atoms with van der Waals surface area (Å²) in [5.41, 5.74) is -1.55. The van der Waals surface area contributed by atoms with Crippen LogP contribution in [0.4, 0.5) is 36.8 Å². The highest BCUT2D eigenvalue weighted by atomic mass is 35.5. The number of rotatable bonds is 6. The van der Waals surface area contributed by atoms with Gasteiger partial charge in [-0.25, -0.2) is 14.5 Å². The highest BCUT2D eigenvalue weighted by molar-refractivity contribution is 6.32. The first kappa shape index (κ1) is 26.0. The van der Waals surface area contributed by atoms with E-state index in [1.54, 1.807) is 0 Å². The molecule has 0 saturated carbocycles. The van der Waals surface area contributed by atoms with E-state index in [-0.39, 0.29) is 27.6 Å². The van der Waals surface area contributed by atoms with Gasteiger partial charge in [-0.2, -0.15) is 26.3 Å². The summed E-state index contributed by atoms with van der Waals surface area (Å²) in [5, 5.41) is -0.0280. The van der Waals surface area contributed by atoms with E-state index < -0.39 is 36.7 Å². The Morgan fingerprint density at radius 1 is 1.16 bits per heavy atom. The standard InChI is InChI=1S/C18H15ClF6N2O4/c1-3-14(18(23,24)25)26(2)16(30)27(10-28)12-5-6-13(19)11(8-12)4-7-15(29)31-9-17(20,21)22/h3-8,10H,9H2,1-2H3/b7-4+,14-3-. The molecule has 0 aliphatic carbocycles. The molecular formula is C18H15ClF6N2O4. The van der Waals surface area contributed by atoms with E-state index in [2.05, 4.69) is 4.74 Å². The first-order chi connectivity index (χ1) is 14.2. The van der Waals surface area contributed by atoms with Gasteiger partial charge in [-0.3, -0.25) is 9.69 Å². The number of hydrogen-bond donors (Lipinski definition) is 0. The van der Waals surface area contributed by atoms with Crippen molar-refractivity contribution in [2.24, 2.45) is 0 Å². The fourth-order valence-electron chi connectivity index (χ4n) is 2.20. The molecule has 170 valence electrons. The van der Waals surface area contributed by atoms with Crippen LogP contribution in [0.25, 0.3) is 6.08 Å². The maximum Gasteiger partial charge on any atom is 0.431 e. The Balaban J connectivity index is 3.14. The molecule has 0 heterocycles. The topological polar surface area (TPSA) is 66.9 Å². The number of esters is 1. The second kappa shape index (κ2) is 10.3. The van der Waals surface area contributed by atoms with Crippen molar-refractivity contribution >= 4 is 41.8 Å². The molecule has 31 heavy (non-hydrogen) atoms. The number of halogens is 7. The summed E-state index contributed by atoms with van der Waals surface area (Å²) >= 11 is 5.91. The van der Waals surface area contributed by atoms with Crippen molar-refractivity contribution in [3.8, 4) is 0 Å². The highest BCUT2D eigenvalue weighted by Crippen LogP contribution is 2.30. The number of allylic oxidation sites excluding steroid dienone is 2. The maximum atomic E-state index is 13.0. The van der Waals surface area contributed by atoms with Crippen LogP contribution in [0.1, 0.15) is 12.5 Å². The average molecular weight is 473 g/mol. The number of alkyl halides is 6. The van der Waals surface area contributed by atoms with Crippen LogP contribution in [0.15, 0.2) is 36.0 Å². The van der Waals surface area contributed by atoms with Gasteiger partial charge in [0.2, 0.25) is 6.41 Å². The third kappa shape index (κ3) is 7.63. The number of anilines is 1. The van der Waals surface area contributed by atoms with Crippen LogP contribution in [0, 0.1) is 0 Å². The molecule has 0 unspecified atom stereocenters. The smallest absolute Gasteiger partial charge is 0.431 e. The monoisotopic (exact) mass is 472 g/mol. The highest BCUT2D eigenvalue weighted by Gasteiger charge is 2.39. The fraction of sp³-hybridized carbons (Fsp3) is 0.278. The van der Waals surface area contributed by atoms with Crippen LogP contribution in [-0.4, -0.2) is 49.3 Å². The zero-order valence-electron chi connectivity index (χ0n) is 15.9. The Hall–Kier alpha value is -3.02. The summed E-state index contributed by atoms with van der Waals surface area (Å²) < 4.78 is 79.2. The van der Waals surface area contributed by atoms with Crippen molar-refractivity contribution < 1.29 is 45.5 Å². The predicted octanol–water partition coefficient (Wildman–Crippen LogP) is 4.94. The van der Waals surface area contributed by atoms with Crippen LogP contribution >= 0.6 is 11.6 Å². The molecule has 0 bridgehead atoms. The minimum atomic E-state index is -4.86. The zero-order chi connectivity index (χ0) is 24.0. The lowest BCUT2D eigenvalue weighted by molar-refractivity contribution is -0.182. The Morgan fingerprint density at radius 2 is 1.77 bits per heavy atom. The van der Waals surface area contributed by atoms with Crippen molar-refractivity contribution in [2.45, 2.75) is 19.3 Å². The molecule has 0 aromatic heterocycles. The summed E-state index contributed by atoms with van der Waals surface area (Å²) in [6, 6.07) is 2.04. The molecule has 13 heteroatoms. The molecule has 0 aliphatic rings. The zero-order valence-corrected chi connectivity index (χ0v) is 16.7. The number of ether oxygens (including phenoxy) is 1. The normalized spacial score (nSPS) is 12.6. The summed E-state index contributed by atoms with van der Waals surface area (Å²) in [4.78, 5) is 35.7. The largest absolute Gasteiger partial charge is 0.453 e. The molecule has 0 aliphatic heterocycles. The lowest BCUT2D eigenvalue weighted by Crippen LogP contribution is -2.43. The van der Waals surface area contributed by atoms with E-state index in [4.69, 9.17) is 11.6 Å². The van der Waals surface area contributed by atoms with Gasteiger partial charge in [0, 0.05) is 18.1 Å². The van der Waals surface area contributed by atoms with Crippen molar-refractivity contribution in [3.63, 3.8) is 0 Å². The van der Waals surface area contributed by atoms with E-state index in [0.29, 0.717) is 17.1 Å². The van der Waals surface area contributed by atoms with Gasteiger partial charge in [-0.15, -0.1) is 0 Å². The van der Waals surface area contributed by atoms with Gasteiger partial charge in [-0.1, -0.05) is 17.7 Å². The van der Waals surface area contributed by atoms with Crippen LogP contribution in [0.2, 0.25) is 5.02 Å². The second-order valence-electron chi connectivity index (χ2n) is 5.75. The second-order valence-corrected chi connectivity index (χ2v) is 6.16. The Labute approximate surface area is 177 Å². The molecule has 1 aromatic rings. The van der Waals surface area contributed by atoms with Gasteiger partial charge in [0.25, 0.3) is 0 Å². The van der Waals surface area contributed by atoms with Gasteiger partial charge in [0.15, 0.2) is 6.61 Å². The predicted molar refractivity (Wildman–Crippen MR) is 99.0 cm³/mol. The van der Waals surface area contributed by atoms with Crippen LogP contribution in [0.3, 0.4) is 0 Å². The number of carbonyl (C=O) groups is 3. The van der Waals surface area contributed by atoms with Crippen LogP contribution in [0.5, 0.6) is 0 Å².